The number of hydrogen-bond donors (Lipinski definition) is 0. The maximum atomic E-state index is 12.5. The molecule has 144 valence electrons. The van der Waals surface area contributed by atoms with E-state index < -0.39 is 9.84 Å². The molecule has 7 nitrogen and oxygen atoms in total. The minimum Gasteiger partial charge on any atom is -0.298 e. The van der Waals surface area contributed by atoms with Crippen molar-refractivity contribution < 1.29 is 13.2 Å². The van der Waals surface area contributed by atoms with Crippen LogP contribution in [0.4, 0.5) is 0 Å². The molecule has 0 aliphatic carbocycles. The van der Waals surface area contributed by atoms with Gasteiger partial charge < -0.3 is 0 Å². The molecule has 0 bridgehead atoms. The molecule has 0 saturated carbocycles. The molecular formula is C19H18N4O3S2. The third-order valence-corrected chi connectivity index (χ3v) is 6.00. The van der Waals surface area contributed by atoms with E-state index in [1.54, 1.807) is 18.5 Å². The Bertz CT molecular complexity index is 1090. The summed E-state index contributed by atoms with van der Waals surface area (Å²) in [5.41, 5.74) is 1.32. The number of benzene rings is 1. The van der Waals surface area contributed by atoms with Gasteiger partial charge in [-0.2, -0.15) is 0 Å². The third-order valence-electron chi connectivity index (χ3n) is 3.90. The van der Waals surface area contributed by atoms with Crippen molar-refractivity contribution in [2.24, 2.45) is 0 Å². The van der Waals surface area contributed by atoms with Gasteiger partial charge in [0.25, 0.3) is 0 Å². The molecule has 0 spiro atoms. The Hall–Kier alpha value is -2.78. The zero-order chi connectivity index (χ0) is 20.1. The van der Waals surface area contributed by atoms with Crippen LogP contribution in [-0.2, 0) is 16.4 Å². The van der Waals surface area contributed by atoms with Gasteiger partial charge in [-0.3, -0.25) is 14.3 Å². The van der Waals surface area contributed by atoms with Gasteiger partial charge in [-0.25, -0.2) is 8.42 Å². The average molecular weight is 415 g/mol. The van der Waals surface area contributed by atoms with E-state index in [-0.39, 0.29) is 16.4 Å². The van der Waals surface area contributed by atoms with E-state index in [1.165, 1.54) is 36.0 Å². The van der Waals surface area contributed by atoms with E-state index in [9.17, 15) is 13.2 Å². The summed E-state index contributed by atoms with van der Waals surface area (Å²) >= 11 is 1.27. The first-order chi connectivity index (χ1) is 13.4. The number of pyridine rings is 1. The second kappa shape index (κ2) is 8.49. The summed E-state index contributed by atoms with van der Waals surface area (Å²) in [6.45, 7) is 4.27. The molecule has 0 unspecified atom stereocenters. The van der Waals surface area contributed by atoms with Gasteiger partial charge >= 0.3 is 0 Å². The first-order valence-corrected chi connectivity index (χ1v) is 11.2. The van der Waals surface area contributed by atoms with Gasteiger partial charge in [0.05, 0.1) is 10.6 Å². The Kier molecular flexibility index (Phi) is 6.05. The van der Waals surface area contributed by atoms with E-state index in [2.05, 4.69) is 21.8 Å². The van der Waals surface area contributed by atoms with E-state index in [0.717, 1.165) is 11.8 Å². The highest BCUT2D eigenvalue weighted by atomic mass is 32.2. The van der Waals surface area contributed by atoms with Gasteiger partial charge in [-0.15, -0.1) is 16.8 Å². The number of hydrogen-bond acceptors (Lipinski definition) is 7. The molecule has 2 heterocycles. The summed E-state index contributed by atoms with van der Waals surface area (Å²) in [4.78, 5) is 16.7. The Morgan fingerprint density at radius 2 is 1.82 bits per heavy atom. The first kappa shape index (κ1) is 20.0. The van der Waals surface area contributed by atoms with Crippen LogP contribution in [0.25, 0.3) is 11.4 Å². The van der Waals surface area contributed by atoms with Gasteiger partial charge in [0.1, 0.15) is 0 Å². The van der Waals surface area contributed by atoms with Crippen LogP contribution in [0.5, 0.6) is 0 Å². The van der Waals surface area contributed by atoms with Crippen molar-refractivity contribution in [3.8, 4) is 11.4 Å². The number of allylic oxidation sites excluding steroid dienone is 1. The highest BCUT2D eigenvalue weighted by molar-refractivity contribution is 7.99. The zero-order valence-corrected chi connectivity index (χ0v) is 16.8. The van der Waals surface area contributed by atoms with Gasteiger partial charge in [0.15, 0.2) is 26.6 Å². The molecule has 0 aliphatic rings. The highest BCUT2D eigenvalue weighted by Gasteiger charge is 2.16. The molecule has 2 aromatic heterocycles. The number of carbonyl (C=O) groups is 1. The quantitative estimate of drug-likeness (QED) is 0.318. The molecular weight excluding hydrogens is 396 g/mol. The lowest BCUT2D eigenvalue weighted by Gasteiger charge is -2.07. The molecule has 0 saturated heterocycles. The average Bonchev–Trinajstić information content (AvgIpc) is 3.09. The first-order valence-electron chi connectivity index (χ1n) is 8.31. The van der Waals surface area contributed by atoms with Crippen molar-refractivity contribution >= 4 is 27.4 Å². The monoisotopic (exact) mass is 414 g/mol. The van der Waals surface area contributed by atoms with Crippen LogP contribution in [0.1, 0.15) is 10.4 Å². The predicted molar refractivity (Wildman–Crippen MR) is 108 cm³/mol. The van der Waals surface area contributed by atoms with Gasteiger partial charge in [0, 0.05) is 36.3 Å². The molecule has 1 aromatic carbocycles. The number of thioether (sulfide) groups is 1. The molecule has 9 heteroatoms. The molecule has 0 radical (unpaired) electrons. The Labute approximate surface area is 167 Å². The van der Waals surface area contributed by atoms with Gasteiger partial charge in [-0.05, 0) is 24.3 Å². The second-order valence-electron chi connectivity index (χ2n) is 5.95. The molecule has 0 aliphatic heterocycles. The third kappa shape index (κ3) is 4.55. The zero-order valence-electron chi connectivity index (χ0n) is 15.1. The minimum atomic E-state index is -3.29. The number of Topliss-reactive ketones (excluding diaryl/α,β-unsaturated/α-hetero) is 1. The molecule has 3 rings (SSSR count). The number of carbonyl (C=O) groups excluding carboxylic acids is 1. The molecule has 0 N–H and O–H groups in total. The van der Waals surface area contributed by atoms with E-state index >= 15 is 0 Å². The second-order valence-corrected chi connectivity index (χ2v) is 8.91. The summed E-state index contributed by atoms with van der Waals surface area (Å²) in [7, 11) is -3.29. The van der Waals surface area contributed by atoms with Crippen LogP contribution in [0.15, 0.2) is 71.5 Å². The fourth-order valence-corrected chi connectivity index (χ4v) is 3.98. The maximum Gasteiger partial charge on any atom is 0.192 e. The Morgan fingerprint density at radius 3 is 2.43 bits per heavy atom. The largest absolute Gasteiger partial charge is 0.298 e. The van der Waals surface area contributed by atoms with Crippen LogP contribution in [0.2, 0.25) is 0 Å². The Balaban J connectivity index is 1.76. The number of sulfone groups is 1. The summed E-state index contributed by atoms with van der Waals surface area (Å²) in [6, 6.07) is 9.61. The number of ketones is 1. The van der Waals surface area contributed by atoms with Crippen molar-refractivity contribution in [3.05, 3.63) is 67.0 Å². The van der Waals surface area contributed by atoms with Crippen molar-refractivity contribution in [1.82, 2.24) is 19.7 Å². The number of rotatable bonds is 8. The summed E-state index contributed by atoms with van der Waals surface area (Å²) in [6.07, 6.45) is 6.23. The molecule has 0 fully saturated rings. The van der Waals surface area contributed by atoms with Gasteiger partial charge in [0.2, 0.25) is 0 Å². The normalized spacial score (nSPS) is 11.3. The van der Waals surface area contributed by atoms with Gasteiger partial charge in [-0.1, -0.05) is 30.0 Å². The standard InChI is InChI=1S/C19H18N4O3S2/c1-3-12-23-18(15-8-10-20-11-9-15)21-22-19(23)27-13-17(24)14-4-6-16(7-5-14)28(2,25)26/h3-11H,1,12-13H2,2H3. The highest BCUT2D eigenvalue weighted by Crippen LogP contribution is 2.24. The Morgan fingerprint density at radius 1 is 1.14 bits per heavy atom. The van der Waals surface area contributed by atoms with Crippen LogP contribution >= 0.6 is 11.8 Å². The lowest BCUT2D eigenvalue weighted by Crippen LogP contribution is -2.06. The van der Waals surface area contributed by atoms with Crippen LogP contribution < -0.4 is 0 Å². The molecule has 0 amide bonds. The molecule has 28 heavy (non-hydrogen) atoms. The number of aromatic nitrogens is 4. The maximum absolute atomic E-state index is 12.5. The van der Waals surface area contributed by atoms with Crippen molar-refractivity contribution in [1.29, 1.82) is 0 Å². The SMILES string of the molecule is C=CCn1c(SCC(=O)c2ccc(S(C)(=O)=O)cc2)nnc1-c1ccncc1. The summed E-state index contributed by atoms with van der Waals surface area (Å²) < 4.78 is 24.9. The van der Waals surface area contributed by atoms with Crippen molar-refractivity contribution in [2.75, 3.05) is 12.0 Å². The predicted octanol–water partition coefficient (Wildman–Crippen LogP) is 2.90. The van der Waals surface area contributed by atoms with E-state index in [0.29, 0.717) is 23.1 Å². The summed E-state index contributed by atoms with van der Waals surface area (Å²) in [5, 5.41) is 9.04. The molecule has 0 atom stereocenters. The summed E-state index contributed by atoms with van der Waals surface area (Å²) in [5.74, 6) is 0.711. The van der Waals surface area contributed by atoms with E-state index in [4.69, 9.17) is 0 Å². The van der Waals surface area contributed by atoms with Crippen LogP contribution in [0.3, 0.4) is 0 Å². The van der Waals surface area contributed by atoms with E-state index in [1.807, 2.05) is 16.7 Å². The minimum absolute atomic E-state index is 0.122. The van der Waals surface area contributed by atoms with Crippen molar-refractivity contribution in [2.45, 2.75) is 16.6 Å². The molecule has 3 aromatic rings. The topological polar surface area (TPSA) is 94.8 Å². The lowest BCUT2D eigenvalue weighted by atomic mass is 10.1. The fraction of sp³-hybridized carbons (Fsp3) is 0.158. The van der Waals surface area contributed by atoms with Crippen molar-refractivity contribution in [3.63, 3.8) is 0 Å². The lowest BCUT2D eigenvalue weighted by molar-refractivity contribution is 0.102. The van der Waals surface area contributed by atoms with Crippen LogP contribution in [0, 0.1) is 0 Å². The van der Waals surface area contributed by atoms with Crippen LogP contribution in [-0.4, -0.2) is 46.0 Å². The smallest absolute Gasteiger partial charge is 0.192 e. The fourth-order valence-electron chi connectivity index (χ4n) is 2.51. The number of nitrogens with zero attached hydrogens (tertiary/aromatic N) is 4.